The van der Waals surface area contributed by atoms with Crippen molar-refractivity contribution in [1.82, 2.24) is 9.80 Å². The molecule has 2 heterocycles. The third kappa shape index (κ3) is 6.36. The van der Waals surface area contributed by atoms with Crippen molar-refractivity contribution < 1.29 is 28.6 Å². The van der Waals surface area contributed by atoms with Crippen LogP contribution in [0.2, 0.25) is 5.02 Å². The summed E-state index contributed by atoms with van der Waals surface area (Å²) in [6.45, 7) is 4.45. The summed E-state index contributed by atoms with van der Waals surface area (Å²) in [5.74, 6) is 0.413. The molecule has 2 saturated heterocycles. The quantitative estimate of drug-likeness (QED) is 0.486. The number of benzene rings is 2. The van der Waals surface area contributed by atoms with E-state index < -0.39 is 0 Å². The number of carbonyl (C=O) groups is 3. The number of thioether (sulfide) groups is 1. The Morgan fingerprint density at radius 3 is 2.54 bits per heavy atom. The molecule has 0 radical (unpaired) electrons. The summed E-state index contributed by atoms with van der Waals surface area (Å²) in [4.78, 5) is 41.0. The summed E-state index contributed by atoms with van der Waals surface area (Å²) < 4.78 is 16.7. The number of rotatable bonds is 8. The van der Waals surface area contributed by atoms with E-state index in [9.17, 15) is 14.4 Å². The van der Waals surface area contributed by atoms with Gasteiger partial charge in [-0.25, -0.2) is 0 Å². The van der Waals surface area contributed by atoms with Gasteiger partial charge in [-0.2, -0.15) is 0 Å². The van der Waals surface area contributed by atoms with Gasteiger partial charge < -0.3 is 19.1 Å². The lowest BCUT2D eigenvalue weighted by Crippen LogP contribution is -2.43. The summed E-state index contributed by atoms with van der Waals surface area (Å²) in [7, 11) is 0. The Kier molecular flexibility index (Phi) is 8.33. The standard InChI is InChI=1S/C25H25ClN2O6S/c1-2-33-21-13-18(5-8-20(21)34-16-23(29)27-9-11-32-12-10-27)14-22-24(30)28(25(31)35-22)15-17-3-6-19(26)7-4-17/h3-8,13-14H,2,9-12,15-16H2,1H3/b22-14-. The molecule has 184 valence electrons. The molecule has 2 aromatic rings. The number of ether oxygens (including phenoxy) is 3. The van der Waals surface area contributed by atoms with Crippen molar-refractivity contribution in [3.05, 3.63) is 63.5 Å². The van der Waals surface area contributed by atoms with Crippen molar-refractivity contribution in [3.63, 3.8) is 0 Å². The van der Waals surface area contributed by atoms with Crippen LogP contribution in [0.25, 0.3) is 6.08 Å². The van der Waals surface area contributed by atoms with Crippen LogP contribution >= 0.6 is 23.4 Å². The first-order valence-corrected chi connectivity index (χ1v) is 12.4. The fourth-order valence-electron chi connectivity index (χ4n) is 3.61. The fraction of sp³-hybridized carbons (Fsp3) is 0.320. The summed E-state index contributed by atoms with van der Waals surface area (Å²) in [6.07, 6.45) is 1.65. The second-order valence-electron chi connectivity index (χ2n) is 7.82. The molecule has 2 aromatic carbocycles. The van der Waals surface area contributed by atoms with Crippen LogP contribution in [0.4, 0.5) is 4.79 Å². The molecular weight excluding hydrogens is 492 g/mol. The molecule has 0 atom stereocenters. The SMILES string of the molecule is CCOc1cc(/C=C2\SC(=O)N(Cc3ccc(Cl)cc3)C2=O)ccc1OCC(=O)N1CCOCC1. The number of hydrogen-bond acceptors (Lipinski definition) is 7. The molecule has 0 aliphatic carbocycles. The van der Waals surface area contributed by atoms with E-state index in [-0.39, 0.29) is 30.2 Å². The van der Waals surface area contributed by atoms with Crippen molar-refractivity contribution in [2.75, 3.05) is 39.5 Å². The molecule has 10 heteroatoms. The number of halogens is 1. The Morgan fingerprint density at radius 2 is 1.83 bits per heavy atom. The van der Waals surface area contributed by atoms with Gasteiger partial charge in [-0.1, -0.05) is 29.8 Å². The van der Waals surface area contributed by atoms with E-state index in [1.54, 1.807) is 53.4 Å². The van der Waals surface area contributed by atoms with E-state index in [1.807, 2.05) is 6.92 Å². The van der Waals surface area contributed by atoms with Crippen LogP contribution in [0, 0.1) is 0 Å². The Bertz CT molecular complexity index is 1130. The minimum absolute atomic E-state index is 0.108. The molecule has 8 nitrogen and oxygen atoms in total. The first-order chi connectivity index (χ1) is 16.9. The van der Waals surface area contributed by atoms with Crippen LogP contribution in [0.1, 0.15) is 18.1 Å². The Morgan fingerprint density at radius 1 is 1.09 bits per heavy atom. The minimum atomic E-state index is -0.357. The van der Waals surface area contributed by atoms with Crippen molar-refractivity contribution in [1.29, 1.82) is 0 Å². The second-order valence-corrected chi connectivity index (χ2v) is 9.24. The number of carbonyl (C=O) groups excluding carboxylic acids is 3. The van der Waals surface area contributed by atoms with Gasteiger partial charge in [0.2, 0.25) is 0 Å². The zero-order valence-corrected chi connectivity index (χ0v) is 20.8. The molecule has 3 amide bonds. The molecule has 2 aliphatic rings. The van der Waals surface area contributed by atoms with Gasteiger partial charge in [0.25, 0.3) is 17.1 Å². The van der Waals surface area contributed by atoms with E-state index >= 15 is 0 Å². The zero-order valence-electron chi connectivity index (χ0n) is 19.2. The molecule has 0 bridgehead atoms. The average Bonchev–Trinajstić information content (AvgIpc) is 3.12. The summed E-state index contributed by atoms with van der Waals surface area (Å²) in [5.41, 5.74) is 1.49. The highest BCUT2D eigenvalue weighted by molar-refractivity contribution is 8.18. The van der Waals surface area contributed by atoms with Crippen LogP contribution in [0.5, 0.6) is 11.5 Å². The van der Waals surface area contributed by atoms with Crippen LogP contribution in [-0.4, -0.2) is 66.4 Å². The Labute approximate surface area is 212 Å². The van der Waals surface area contributed by atoms with Crippen LogP contribution in [0.15, 0.2) is 47.4 Å². The van der Waals surface area contributed by atoms with Crippen LogP contribution < -0.4 is 9.47 Å². The number of nitrogens with zero attached hydrogens (tertiary/aromatic N) is 2. The largest absolute Gasteiger partial charge is 0.490 e. The predicted molar refractivity (Wildman–Crippen MR) is 133 cm³/mol. The van der Waals surface area contributed by atoms with E-state index in [1.165, 1.54) is 4.90 Å². The van der Waals surface area contributed by atoms with Crippen LogP contribution in [0.3, 0.4) is 0 Å². The molecule has 0 saturated carbocycles. The van der Waals surface area contributed by atoms with Gasteiger partial charge in [0.05, 0.1) is 31.3 Å². The maximum atomic E-state index is 12.9. The lowest BCUT2D eigenvalue weighted by Gasteiger charge is -2.26. The molecule has 0 aromatic heterocycles. The van der Waals surface area contributed by atoms with E-state index in [0.29, 0.717) is 59.9 Å². The first-order valence-electron chi connectivity index (χ1n) is 11.2. The molecule has 0 unspecified atom stereocenters. The maximum absolute atomic E-state index is 12.9. The van der Waals surface area contributed by atoms with Gasteiger partial charge in [-0.3, -0.25) is 19.3 Å². The van der Waals surface area contributed by atoms with Gasteiger partial charge in [0.15, 0.2) is 18.1 Å². The van der Waals surface area contributed by atoms with Crippen molar-refractivity contribution >= 4 is 46.5 Å². The van der Waals surface area contributed by atoms with Gasteiger partial charge >= 0.3 is 0 Å². The van der Waals surface area contributed by atoms with Crippen molar-refractivity contribution in [2.45, 2.75) is 13.5 Å². The molecule has 0 N–H and O–H groups in total. The van der Waals surface area contributed by atoms with E-state index in [4.69, 9.17) is 25.8 Å². The topological polar surface area (TPSA) is 85.4 Å². The lowest BCUT2D eigenvalue weighted by molar-refractivity contribution is -0.137. The van der Waals surface area contributed by atoms with Crippen molar-refractivity contribution in [3.8, 4) is 11.5 Å². The zero-order chi connectivity index (χ0) is 24.8. The Balaban J connectivity index is 1.45. The smallest absolute Gasteiger partial charge is 0.293 e. The highest BCUT2D eigenvalue weighted by Crippen LogP contribution is 2.35. The third-order valence-corrected chi connectivity index (χ3v) is 6.57. The Hall–Kier alpha value is -3.01. The summed E-state index contributed by atoms with van der Waals surface area (Å²) >= 11 is 6.81. The minimum Gasteiger partial charge on any atom is -0.490 e. The number of morpholine rings is 1. The van der Waals surface area contributed by atoms with Crippen LogP contribution in [-0.2, 0) is 20.9 Å². The maximum Gasteiger partial charge on any atom is 0.293 e. The number of hydrogen-bond donors (Lipinski definition) is 0. The average molecular weight is 517 g/mol. The first kappa shape index (κ1) is 25.1. The number of amides is 3. The monoisotopic (exact) mass is 516 g/mol. The third-order valence-electron chi connectivity index (χ3n) is 5.41. The molecule has 35 heavy (non-hydrogen) atoms. The lowest BCUT2D eigenvalue weighted by atomic mass is 10.1. The normalized spacial score (nSPS) is 17.3. The van der Waals surface area contributed by atoms with Gasteiger partial charge in [-0.05, 0) is 60.2 Å². The van der Waals surface area contributed by atoms with E-state index in [0.717, 1.165) is 17.3 Å². The molecule has 2 aliphatic heterocycles. The molecule has 0 spiro atoms. The second kappa shape index (κ2) is 11.6. The van der Waals surface area contributed by atoms with Gasteiger partial charge in [0.1, 0.15) is 0 Å². The number of imide groups is 1. The summed E-state index contributed by atoms with van der Waals surface area (Å²) in [6, 6.07) is 12.2. The van der Waals surface area contributed by atoms with E-state index in [2.05, 4.69) is 0 Å². The van der Waals surface area contributed by atoms with Gasteiger partial charge in [-0.15, -0.1) is 0 Å². The summed E-state index contributed by atoms with van der Waals surface area (Å²) in [5, 5.41) is 0.258. The highest BCUT2D eigenvalue weighted by atomic mass is 35.5. The van der Waals surface area contributed by atoms with Gasteiger partial charge in [0, 0.05) is 18.1 Å². The highest BCUT2D eigenvalue weighted by Gasteiger charge is 2.35. The molecule has 4 rings (SSSR count). The fourth-order valence-corrected chi connectivity index (χ4v) is 4.57. The molecular formula is C25H25ClN2O6S. The molecule has 2 fully saturated rings. The predicted octanol–water partition coefficient (Wildman–Crippen LogP) is 4.21. The van der Waals surface area contributed by atoms with Crippen molar-refractivity contribution in [2.24, 2.45) is 0 Å².